The van der Waals surface area contributed by atoms with E-state index in [9.17, 15) is 0 Å². The van der Waals surface area contributed by atoms with E-state index >= 15 is 0 Å². The largest absolute Gasteiger partial charge is 0.493 e. The van der Waals surface area contributed by atoms with Gasteiger partial charge in [-0.05, 0) is 30.3 Å². The molecular formula is C19H16BrN5O3S. The zero-order valence-corrected chi connectivity index (χ0v) is 18.0. The van der Waals surface area contributed by atoms with Crippen molar-refractivity contribution in [2.45, 2.75) is 10.9 Å². The van der Waals surface area contributed by atoms with Crippen molar-refractivity contribution in [1.29, 1.82) is 0 Å². The molecule has 0 atom stereocenters. The van der Waals surface area contributed by atoms with E-state index in [1.807, 2.05) is 30.3 Å². The zero-order chi connectivity index (χ0) is 20.2. The first kappa shape index (κ1) is 19.5. The second-order valence-corrected chi connectivity index (χ2v) is 7.69. The lowest BCUT2D eigenvalue weighted by atomic mass is 10.2. The van der Waals surface area contributed by atoms with Gasteiger partial charge < -0.3 is 13.9 Å². The molecule has 1 N–H and O–H groups in total. The molecule has 0 amide bonds. The van der Waals surface area contributed by atoms with Crippen LogP contribution in [0.15, 0.2) is 56.5 Å². The van der Waals surface area contributed by atoms with Crippen molar-refractivity contribution in [3.63, 3.8) is 0 Å². The normalized spacial score (nSPS) is 10.9. The van der Waals surface area contributed by atoms with E-state index < -0.39 is 0 Å². The van der Waals surface area contributed by atoms with Gasteiger partial charge in [0.15, 0.2) is 17.3 Å². The summed E-state index contributed by atoms with van der Waals surface area (Å²) < 4.78 is 17.3. The Morgan fingerprint density at radius 2 is 1.76 bits per heavy atom. The highest BCUT2D eigenvalue weighted by Crippen LogP contribution is 2.32. The number of benzene rings is 2. The lowest BCUT2D eigenvalue weighted by molar-refractivity contribution is 0.355. The van der Waals surface area contributed by atoms with Crippen molar-refractivity contribution in [2.24, 2.45) is 0 Å². The molecular weight excluding hydrogens is 458 g/mol. The van der Waals surface area contributed by atoms with Crippen LogP contribution in [0.25, 0.3) is 22.8 Å². The highest BCUT2D eigenvalue weighted by atomic mass is 79.9. The highest BCUT2D eigenvalue weighted by Gasteiger charge is 2.14. The van der Waals surface area contributed by atoms with Crippen LogP contribution in [-0.2, 0) is 5.75 Å². The summed E-state index contributed by atoms with van der Waals surface area (Å²) >= 11 is 4.83. The van der Waals surface area contributed by atoms with Crippen molar-refractivity contribution >= 4 is 27.7 Å². The van der Waals surface area contributed by atoms with E-state index in [4.69, 9.17) is 13.9 Å². The van der Waals surface area contributed by atoms with Gasteiger partial charge in [0.1, 0.15) is 0 Å². The number of halogens is 1. The van der Waals surface area contributed by atoms with Crippen LogP contribution < -0.4 is 9.47 Å². The number of nitrogens with zero attached hydrogens (tertiary/aromatic N) is 4. The third-order valence-electron chi connectivity index (χ3n) is 4.00. The highest BCUT2D eigenvalue weighted by molar-refractivity contribution is 9.10. The maximum absolute atomic E-state index is 5.76. The Labute approximate surface area is 179 Å². The van der Waals surface area contributed by atoms with Crippen LogP contribution in [0.2, 0.25) is 0 Å². The molecule has 2 aromatic carbocycles. The van der Waals surface area contributed by atoms with Gasteiger partial charge in [-0.3, -0.25) is 5.10 Å². The molecule has 0 aliphatic heterocycles. The summed E-state index contributed by atoms with van der Waals surface area (Å²) in [5, 5.41) is 16.0. The first-order valence-electron chi connectivity index (χ1n) is 8.52. The van der Waals surface area contributed by atoms with Gasteiger partial charge in [-0.2, -0.15) is 0 Å². The molecule has 4 aromatic rings. The van der Waals surface area contributed by atoms with Crippen LogP contribution in [0.5, 0.6) is 11.5 Å². The first-order chi connectivity index (χ1) is 14.2. The topological polar surface area (TPSA) is 99.0 Å². The molecule has 0 aliphatic carbocycles. The molecule has 0 radical (unpaired) electrons. The monoisotopic (exact) mass is 473 g/mol. The number of nitrogens with one attached hydrogen (secondary N) is 1. The molecule has 8 nitrogen and oxygen atoms in total. The SMILES string of the molecule is COc1ccc(-c2nnc(CSc3n[nH]c(-c4ccc(Br)cc4)n3)o2)cc1OC. The minimum Gasteiger partial charge on any atom is -0.493 e. The average Bonchev–Trinajstić information content (AvgIpc) is 3.42. The van der Waals surface area contributed by atoms with Gasteiger partial charge in [0.2, 0.25) is 16.9 Å². The standard InChI is InChI=1S/C19H16BrN5O3S/c1-26-14-8-5-12(9-15(14)27-2)18-24-22-16(28-18)10-29-19-21-17(23-25-19)11-3-6-13(20)7-4-11/h3-9H,10H2,1-2H3,(H,21,23,25). The molecule has 2 aromatic heterocycles. The van der Waals surface area contributed by atoms with Gasteiger partial charge in [0.05, 0.1) is 20.0 Å². The predicted molar refractivity (Wildman–Crippen MR) is 112 cm³/mol. The molecule has 29 heavy (non-hydrogen) atoms. The lowest BCUT2D eigenvalue weighted by Gasteiger charge is -2.07. The van der Waals surface area contributed by atoms with Crippen LogP contribution in [0.3, 0.4) is 0 Å². The van der Waals surface area contributed by atoms with Crippen LogP contribution in [-0.4, -0.2) is 39.6 Å². The molecule has 2 heterocycles. The van der Waals surface area contributed by atoms with Crippen molar-refractivity contribution < 1.29 is 13.9 Å². The Morgan fingerprint density at radius 3 is 2.52 bits per heavy atom. The van der Waals surface area contributed by atoms with E-state index in [1.165, 1.54) is 11.8 Å². The Hall–Kier alpha value is -2.85. The van der Waals surface area contributed by atoms with E-state index in [2.05, 4.69) is 41.3 Å². The van der Waals surface area contributed by atoms with Crippen molar-refractivity contribution in [1.82, 2.24) is 25.4 Å². The molecule has 0 unspecified atom stereocenters. The summed E-state index contributed by atoms with van der Waals surface area (Å²) in [6.45, 7) is 0. The molecule has 0 aliphatic rings. The van der Waals surface area contributed by atoms with Gasteiger partial charge in [0.25, 0.3) is 0 Å². The summed E-state index contributed by atoms with van der Waals surface area (Å²) in [5.74, 6) is 3.29. The number of rotatable bonds is 7. The van der Waals surface area contributed by atoms with Crippen LogP contribution in [0, 0.1) is 0 Å². The molecule has 0 fully saturated rings. The van der Waals surface area contributed by atoms with Gasteiger partial charge in [-0.25, -0.2) is 4.98 Å². The number of ether oxygens (including phenoxy) is 2. The van der Waals surface area contributed by atoms with E-state index in [1.54, 1.807) is 26.4 Å². The van der Waals surface area contributed by atoms with E-state index in [-0.39, 0.29) is 0 Å². The number of methoxy groups -OCH3 is 2. The Morgan fingerprint density at radius 1 is 1.00 bits per heavy atom. The Balaban J connectivity index is 1.43. The number of hydrogen-bond donors (Lipinski definition) is 1. The molecule has 0 saturated heterocycles. The summed E-state index contributed by atoms with van der Waals surface area (Å²) in [7, 11) is 3.17. The van der Waals surface area contributed by atoms with Crippen LogP contribution in [0.4, 0.5) is 0 Å². The smallest absolute Gasteiger partial charge is 0.247 e. The quantitative estimate of drug-likeness (QED) is 0.389. The average molecular weight is 474 g/mol. The summed E-state index contributed by atoms with van der Waals surface area (Å²) in [5.41, 5.74) is 1.71. The maximum Gasteiger partial charge on any atom is 0.247 e. The fraction of sp³-hybridized carbons (Fsp3) is 0.158. The molecule has 0 spiro atoms. The summed E-state index contributed by atoms with van der Waals surface area (Å²) in [6, 6.07) is 13.3. The maximum atomic E-state index is 5.76. The Kier molecular flexibility index (Phi) is 5.81. The molecule has 148 valence electrons. The Bertz CT molecular complexity index is 1110. The fourth-order valence-corrected chi connectivity index (χ4v) is 3.47. The van der Waals surface area contributed by atoms with Crippen molar-refractivity contribution in [3.05, 3.63) is 52.8 Å². The third-order valence-corrected chi connectivity index (χ3v) is 5.37. The minimum absolute atomic E-state index is 0.409. The third kappa shape index (κ3) is 4.43. The second-order valence-electron chi connectivity index (χ2n) is 5.83. The van der Waals surface area contributed by atoms with Gasteiger partial charge in [0, 0.05) is 15.6 Å². The summed E-state index contributed by atoms with van der Waals surface area (Å²) in [4.78, 5) is 4.49. The molecule has 4 rings (SSSR count). The van der Waals surface area contributed by atoms with Crippen LogP contribution in [0.1, 0.15) is 5.89 Å². The van der Waals surface area contributed by atoms with Crippen LogP contribution >= 0.6 is 27.7 Å². The zero-order valence-electron chi connectivity index (χ0n) is 15.5. The number of aromatic amines is 1. The van der Waals surface area contributed by atoms with Crippen molar-refractivity contribution in [2.75, 3.05) is 14.2 Å². The molecule has 0 bridgehead atoms. The second kappa shape index (κ2) is 8.66. The number of aromatic nitrogens is 5. The number of H-pyrrole nitrogens is 1. The fourth-order valence-electron chi connectivity index (χ4n) is 2.57. The first-order valence-corrected chi connectivity index (χ1v) is 10.3. The lowest BCUT2D eigenvalue weighted by Crippen LogP contribution is -1.90. The van der Waals surface area contributed by atoms with E-state index in [0.29, 0.717) is 40.0 Å². The van der Waals surface area contributed by atoms with Gasteiger partial charge in [-0.1, -0.05) is 39.8 Å². The van der Waals surface area contributed by atoms with E-state index in [0.717, 1.165) is 15.6 Å². The minimum atomic E-state index is 0.409. The number of hydrogen-bond acceptors (Lipinski definition) is 8. The summed E-state index contributed by atoms with van der Waals surface area (Å²) in [6.07, 6.45) is 0. The molecule has 0 saturated carbocycles. The van der Waals surface area contributed by atoms with Gasteiger partial charge >= 0.3 is 0 Å². The van der Waals surface area contributed by atoms with Gasteiger partial charge in [-0.15, -0.1) is 15.3 Å². The number of thioether (sulfide) groups is 1. The van der Waals surface area contributed by atoms with Crippen molar-refractivity contribution in [3.8, 4) is 34.3 Å². The predicted octanol–water partition coefficient (Wildman–Crippen LogP) is 4.59. The molecule has 10 heteroatoms.